The van der Waals surface area contributed by atoms with Crippen LogP contribution < -0.4 is 10.6 Å². The zero-order valence-electron chi connectivity index (χ0n) is 13.5. The number of amidine groups is 1. The third-order valence-corrected chi connectivity index (χ3v) is 5.18. The highest BCUT2D eigenvalue weighted by Crippen LogP contribution is 2.39. The molecule has 0 fully saturated rings. The van der Waals surface area contributed by atoms with Crippen LogP contribution in [0.4, 0.5) is 5.69 Å². The molecule has 3 aromatic rings. The number of thiazole rings is 1. The number of para-hydroxylation sites is 1. The van der Waals surface area contributed by atoms with Crippen molar-refractivity contribution in [3.63, 3.8) is 0 Å². The second kappa shape index (κ2) is 5.95. The number of carbonyl (C=O) groups excluding carboxylic acids is 1. The minimum Gasteiger partial charge on any atom is -0.509 e. The van der Waals surface area contributed by atoms with Gasteiger partial charge in [0.05, 0.1) is 27.7 Å². The minimum atomic E-state index is -1.43. The molecule has 27 heavy (non-hydrogen) atoms. The summed E-state index contributed by atoms with van der Waals surface area (Å²) in [6.45, 7) is 0. The Morgan fingerprint density at radius 2 is 2.04 bits per heavy atom. The number of nitrogens with zero attached hydrogens (tertiary/aromatic N) is 2. The first-order valence-electron chi connectivity index (χ1n) is 7.67. The van der Waals surface area contributed by atoms with Crippen LogP contribution in [0.2, 0.25) is 0 Å². The summed E-state index contributed by atoms with van der Waals surface area (Å²) >= 11 is 1.24. The smallest absolute Gasteiger partial charge is 0.374 e. The van der Waals surface area contributed by atoms with Crippen LogP contribution in [0.1, 0.15) is 15.6 Å². The maximum absolute atomic E-state index is 12.0. The molecular weight excluding hydrogens is 372 g/mol. The molecule has 1 aliphatic rings. The van der Waals surface area contributed by atoms with Crippen LogP contribution >= 0.6 is 11.3 Å². The molecule has 0 saturated carbocycles. The lowest BCUT2D eigenvalue weighted by molar-refractivity contribution is -0.118. The van der Waals surface area contributed by atoms with Crippen LogP contribution in [0.3, 0.4) is 0 Å². The molecule has 0 radical (unpaired) electrons. The van der Waals surface area contributed by atoms with E-state index in [0.29, 0.717) is 10.5 Å². The molecule has 10 heteroatoms. The van der Waals surface area contributed by atoms with Gasteiger partial charge in [-0.05, 0) is 12.1 Å². The van der Waals surface area contributed by atoms with Crippen LogP contribution in [0.15, 0.2) is 46.8 Å². The van der Waals surface area contributed by atoms with Crippen molar-refractivity contribution in [1.82, 2.24) is 4.98 Å². The molecule has 1 amide bonds. The summed E-state index contributed by atoms with van der Waals surface area (Å²) in [5, 5.41) is 28.7. The number of carbonyl (C=O) groups is 2. The first kappa shape index (κ1) is 16.8. The number of nitrogens with one attached hydrogen (secondary N) is 1. The standard InChI is InChI=1S/C17H12N4O5S/c18-14-10(16-20-7-3-1-2-4-9(7)27-16)12(22)11(15(19)23)21(14)8-5-6-26-13(8)17(24)25/h1-6,11,18,22H,(H2,19,23)(H,24,25)/t11-/m1/s1. The molecule has 1 aliphatic heterocycles. The SMILES string of the molecule is N=C1C(c2nc3ccccc3s2)=C(O)[C@H](C(N)=O)N1c1ccoc1C(=O)O. The monoisotopic (exact) mass is 384 g/mol. The summed E-state index contributed by atoms with van der Waals surface area (Å²) in [5.74, 6) is -3.53. The summed E-state index contributed by atoms with van der Waals surface area (Å²) in [5.41, 5.74) is 6.07. The van der Waals surface area contributed by atoms with E-state index in [4.69, 9.17) is 15.6 Å². The van der Waals surface area contributed by atoms with Gasteiger partial charge in [-0.1, -0.05) is 12.1 Å². The number of rotatable bonds is 4. The average Bonchev–Trinajstić information content (AvgIpc) is 3.29. The Kier molecular flexibility index (Phi) is 3.70. The molecule has 1 atom stereocenters. The van der Waals surface area contributed by atoms with Gasteiger partial charge in [0.15, 0.2) is 6.04 Å². The van der Waals surface area contributed by atoms with Crippen LogP contribution in [0.25, 0.3) is 15.8 Å². The number of fused-ring (bicyclic) bond motifs is 1. The Morgan fingerprint density at radius 1 is 1.30 bits per heavy atom. The van der Waals surface area contributed by atoms with E-state index in [9.17, 15) is 19.8 Å². The van der Waals surface area contributed by atoms with Gasteiger partial charge in [0.2, 0.25) is 11.7 Å². The fourth-order valence-corrected chi connectivity index (χ4v) is 4.01. The number of aromatic nitrogens is 1. The van der Waals surface area contributed by atoms with E-state index in [-0.39, 0.29) is 17.1 Å². The summed E-state index contributed by atoms with van der Waals surface area (Å²) in [6, 6.07) is 7.13. The number of furan rings is 1. The van der Waals surface area contributed by atoms with Gasteiger partial charge < -0.3 is 25.3 Å². The molecule has 136 valence electrons. The number of hydrogen-bond donors (Lipinski definition) is 4. The third kappa shape index (κ3) is 2.46. The Bertz CT molecular complexity index is 1110. The number of nitrogens with two attached hydrogens (primary N) is 1. The molecule has 5 N–H and O–H groups in total. The highest BCUT2D eigenvalue weighted by molar-refractivity contribution is 7.19. The lowest BCUT2D eigenvalue weighted by Crippen LogP contribution is -2.45. The van der Waals surface area contributed by atoms with Gasteiger partial charge >= 0.3 is 5.97 Å². The number of aliphatic hydroxyl groups is 1. The largest absolute Gasteiger partial charge is 0.509 e. The molecule has 1 aromatic carbocycles. The van der Waals surface area contributed by atoms with Gasteiger partial charge in [0.25, 0.3) is 0 Å². The molecule has 9 nitrogen and oxygen atoms in total. The maximum Gasteiger partial charge on any atom is 0.374 e. The molecular formula is C17H12N4O5S. The van der Waals surface area contributed by atoms with E-state index in [1.807, 2.05) is 18.2 Å². The van der Waals surface area contributed by atoms with Gasteiger partial charge in [-0.3, -0.25) is 10.2 Å². The fraction of sp³-hybridized carbons (Fsp3) is 0.0588. The van der Waals surface area contributed by atoms with E-state index in [1.165, 1.54) is 17.4 Å². The maximum atomic E-state index is 12.0. The van der Waals surface area contributed by atoms with Crippen molar-refractivity contribution in [2.45, 2.75) is 6.04 Å². The van der Waals surface area contributed by atoms with Gasteiger partial charge in [-0.15, -0.1) is 11.3 Å². The zero-order chi connectivity index (χ0) is 19.3. The molecule has 0 saturated heterocycles. The topological polar surface area (TPSA) is 154 Å². The lowest BCUT2D eigenvalue weighted by atomic mass is 10.2. The number of benzene rings is 1. The van der Waals surface area contributed by atoms with Crippen molar-refractivity contribution in [3.8, 4) is 0 Å². The highest BCUT2D eigenvalue weighted by Gasteiger charge is 2.45. The van der Waals surface area contributed by atoms with Gasteiger partial charge in [0.1, 0.15) is 16.6 Å². The normalized spacial score (nSPS) is 17.1. The van der Waals surface area contributed by atoms with Crippen molar-refractivity contribution in [2.24, 2.45) is 5.73 Å². The quantitative estimate of drug-likeness (QED) is 0.537. The summed E-state index contributed by atoms with van der Waals surface area (Å²) < 4.78 is 5.77. The molecule has 0 unspecified atom stereocenters. The van der Waals surface area contributed by atoms with E-state index in [1.54, 1.807) is 6.07 Å². The third-order valence-electron chi connectivity index (χ3n) is 4.13. The van der Waals surface area contributed by atoms with Crippen molar-refractivity contribution in [3.05, 3.63) is 53.1 Å². The predicted octanol–water partition coefficient (Wildman–Crippen LogP) is 2.21. The Hall–Kier alpha value is -3.66. The molecule has 0 aliphatic carbocycles. The second-order valence-electron chi connectivity index (χ2n) is 5.71. The van der Waals surface area contributed by atoms with E-state index in [2.05, 4.69) is 4.98 Å². The van der Waals surface area contributed by atoms with Crippen molar-refractivity contribution >= 4 is 50.5 Å². The fourth-order valence-electron chi connectivity index (χ4n) is 2.99. The summed E-state index contributed by atoms with van der Waals surface area (Å²) in [4.78, 5) is 28.8. The number of amides is 1. The number of aliphatic hydroxyl groups excluding tert-OH is 1. The van der Waals surface area contributed by atoms with Crippen molar-refractivity contribution < 1.29 is 24.2 Å². The van der Waals surface area contributed by atoms with Gasteiger partial charge in [-0.2, -0.15) is 0 Å². The Labute approximate surface area is 155 Å². The highest BCUT2D eigenvalue weighted by atomic mass is 32.1. The van der Waals surface area contributed by atoms with E-state index in [0.717, 1.165) is 15.9 Å². The van der Waals surface area contributed by atoms with E-state index >= 15 is 0 Å². The number of primary amides is 1. The molecule has 4 rings (SSSR count). The van der Waals surface area contributed by atoms with Crippen LogP contribution in [0.5, 0.6) is 0 Å². The number of anilines is 1. The van der Waals surface area contributed by atoms with Crippen LogP contribution in [0, 0.1) is 5.41 Å². The molecule has 0 bridgehead atoms. The number of carboxylic acids is 1. The summed E-state index contributed by atoms with van der Waals surface area (Å²) in [6.07, 6.45) is 1.12. The first-order valence-corrected chi connectivity index (χ1v) is 8.49. The predicted molar refractivity (Wildman–Crippen MR) is 98.0 cm³/mol. The number of hydrogen-bond acceptors (Lipinski definition) is 7. The van der Waals surface area contributed by atoms with Gasteiger partial charge in [0, 0.05) is 6.07 Å². The van der Waals surface area contributed by atoms with Crippen molar-refractivity contribution in [1.29, 1.82) is 5.41 Å². The lowest BCUT2D eigenvalue weighted by Gasteiger charge is -2.23. The summed E-state index contributed by atoms with van der Waals surface area (Å²) in [7, 11) is 0. The molecule has 0 spiro atoms. The Morgan fingerprint density at radius 3 is 2.70 bits per heavy atom. The van der Waals surface area contributed by atoms with Crippen LogP contribution in [-0.4, -0.2) is 39.0 Å². The average molecular weight is 384 g/mol. The van der Waals surface area contributed by atoms with E-state index < -0.39 is 29.4 Å². The van der Waals surface area contributed by atoms with Gasteiger partial charge in [-0.25, -0.2) is 9.78 Å². The second-order valence-corrected chi connectivity index (χ2v) is 6.74. The number of aromatic carboxylic acids is 1. The molecule has 3 heterocycles. The number of carboxylic acid groups (broad SMARTS) is 1. The first-order chi connectivity index (χ1) is 12.9. The molecule has 2 aromatic heterocycles. The Balaban J connectivity index is 1.88. The zero-order valence-corrected chi connectivity index (χ0v) is 14.4. The minimum absolute atomic E-state index is 0.0255. The van der Waals surface area contributed by atoms with Crippen LogP contribution in [-0.2, 0) is 4.79 Å². The van der Waals surface area contributed by atoms with Crippen molar-refractivity contribution in [2.75, 3.05) is 4.90 Å².